The smallest absolute Gasteiger partial charge is 0.0453 e. The molecule has 0 aromatic heterocycles. The minimum Gasteiger partial charge on any atom is -0.126 e. The summed E-state index contributed by atoms with van der Waals surface area (Å²) < 4.78 is 1.06. The normalized spacial score (nSPS) is 12.4. The average molecular weight is 379 g/mol. The molecule has 0 amide bonds. The highest BCUT2D eigenvalue weighted by atomic mass is 79.9. The fraction of sp³-hybridized carbons (Fsp3) is 0.200. The first-order chi connectivity index (χ1) is 9.10. The molecule has 4 heteroatoms. The number of alkyl halides is 1. The lowest BCUT2D eigenvalue weighted by atomic mass is 9.93. The van der Waals surface area contributed by atoms with E-state index in [1.807, 2.05) is 24.3 Å². The second kappa shape index (κ2) is 6.99. The van der Waals surface area contributed by atoms with Crippen LogP contribution in [0, 0.1) is 0 Å². The Morgan fingerprint density at radius 1 is 1.05 bits per heavy atom. The molecule has 2 aromatic carbocycles. The molecule has 0 bridgehead atoms. The average Bonchev–Trinajstić information content (AvgIpc) is 2.38. The maximum absolute atomic E-state index is 6.21. The largest absolute Gasteiger partial charge is 0.126 e. The van der Waals surface area contributed by atoms with Gasteiger partial charge in [-0.3, -0.25) is 0 Å². The van der Waals surface area contributed by atoms with Gasteiger partial charge in [-0.1, -0.05) is 57.3 Å². The fourth-order valence-corrected chi connectivity index (χ4v) is 3.16. The van der Waals surface area contributed by atoms with E-state index in [1.54, 1.807) is 6.07 Å². The van der Waals surface area contributed by atoms with Gasteiger partial charge in [0.05, 0.1) is 0 Å². The Morgan fingerprint density at radius 3 is 2.47 bits per heavy atom. The zero-order valence-corrected chi connectivity index (χ0v) is 13.9. The van der Waals surface area contributed by atoms with Crippen molar-refractivity contribution < 1.29 is 0 Å². The van der Waals surface area contributed by atoms with Gasteiger partial charge in [0.2, 0.25) is 0 Å². The lowest BCUT2D eigenvalue weighted by Crippen LogP contribution is -2.05. The van der Waals surface area contributed by atoms with Crippen LogP contribution in [-0.2, 0) is 6.42 Å². The van der Waals surface area contributed by atoms with Gasteiger partial charge in [0.25, 0.3) is 0 Å². The first-order valence-electron chi connectivity index (χ1n) is 5.85. The van der Waals surface area contributed by atoms with E-state index in [4.69, 9.17) is 34.8 Å². The summed E-state index contributed by atoms with van der Waals surface area (Å²) in [7, 11) is 0. The number of halogens is 4. The molecule has 2 aromatic rings. The van der Waals surface area contributed by atoms with Gasteiger partial charge in [-0.15, -0.1) is 11.6 Å². The Labute approximate surface area is 136 Å². The fourth-order valence-electron chi connectivity index (χ4n) is 1.97. The molecule has 19 heavy (non-hydrogen) atoms. The van der Waals surface area contributed by atoms with Crippen LogP contribution in [0.5, 0.6) is 0 Å². The molecule has 0 saturated carbocycles. The molecule has 0 nitrogen and oxygen atoms in total. The highest BCUT2D eigenvalue weighted by Gasteiger charge is 2.13. The minimum absolute atomic E-state index is 0.234. The zero-order valence-electron chi connectivity index (χ0n) is 10.0. The monoisotopic (exact) mass is 376 g/mol. The van der Waals surface area contributed by atoms with Crippen molar-refractivity contribution in [3.63, 3.8) is 0 Å². The number of hydrogen-bond donors (Lipinski definition) is 0. The zero-order chi connectivity index (χ0) is 13.8. The van der Waals surface area contributed by atoms with Gasteiger partial charge < -0.3 is 0 Å². The Kier molecular flexibility index (Phi) is 5.58. The summed E-state index contributed by atoms with van der Waals surface area (Å²) >= 11 is 21.7. The van der Waals surface area contributed by atoms with Gasteiger partial charge in [0.15, 0.2) is 0 Å². The Hall–Kier alpha value is -0.210. The van der Waals surface area contributed by atoms with Crippen LogP contribution >= 0.6 is 50.7 Å². The maximum atomic E-state index is 6.21. The van der Waals surface area contributed by atoms with E-state index >= 15 is 0 Å². The quantitative estimate of drug-likeness (QED) is 0.546. The Balaban J connectivity index is 2.24. The third kappa shape index (κ3) is 4.13. The van der Waals surface area contributed by atoms with E-state index in [2.05, 4.69) is 28.1 Å². The lowest BCUT2D eigenvalue weighted by Gasteiger charge is -2.16. The lowest BCUT2D eigenvalue weighted by molar-refractivity contribution is 0.766. The molecule has 0 aliphatic heterocycles. The van der Waals surface area contributed by atoms with E-state index in [1.165, 1.54) is 5.56 Å². The topological polar surface area (TPSA) is 0 Å². The van der Waals surface area contributed by atoms with Crippen LogP contribution in [-0.4, -0.2) is 5.88 Å². The highest BCUT2D eigenvalue weighted by Crippen LogP contribution is 2.29. The van der Waals surface area contributed by atoms with Crippen LogP contribution in [0.25, 0.3) is 0 Å². The van der Waals surface area contributed by atoms with Crippen LogP contribution < -0.4 is 0 Å². The highest BCUT2D eigenvalue weighted by molar-refractivity contribution is 9.10. The van der Waals surface area contributed by atoms with Crippen LogP contribution in [0.4, 0.5) is 0 Å². The second-order valence-corrected chi connectivity index (χ2v) is 6.41. The molecular weight excluding hydrogens is 366 g/mol. The predicted molar refractivity (Wildman–Crippen MR) is 87.8 cm³/mol. The van der Waals surface area contributed by atoms with Gasteiger partial charge in [-0.25, -0.2) is 0 Å². The summed E-state index contributed by atoms with van der Waals surface area (Å²) in [5.41, 5.74) is 2.27. The van der Waals surface area contributed by atoms with Gasteiger partial charge in [0.1, 0.15) is 0 Å². The van der Waals surface area contributed by atoms with Crippen molar-refractivity contribution in [2.45, 2.75) is 12.3 Å². The van der Waals surface area contributed by atoms with Crippen molar-refractivity contribution in [2.75, 3.05) is 5.88 Å². The van der Waals surface area contributed by atoms with Crippen molar-refractivity contribution >= 4 is 50.7 Å². The second-order valence-electron chi connectivity index (χ2n) is 4.35. The van der Waals surface area contributed by atoms with Gasteiger partial charge in [-0.2, -0.15) is 0 Å². The number of hydrogen-bond acceptors (Lipinski definition) is 0. The Bertz CT molecular complexity index is 569. The van der Waals surface area contributed by atoms with Crippen molar-refractivity contribution in [1.29, 1.82) is 0 Å². The van der Waals surface area contributed by atoms with Gasteiger partial charge >= 0.3 is 0 Å². The first kappa shape index (κ1) is 15.2. The van der Waals surface area contributed by atoms with E-state index in [-0.39, 0.29) is 5.92 Å². The Morgan fingerprint density at radius 2 is 1.84 bits per heavy atom. The summed E-state index contributed by atoms with van der Waals surface area (Å²) in [6.07, 6.45) is 0.802. The standard InChI is InChI=1S/C15H12BrCl3/c16-13-3-1-2-10(7-13)12(9-17)6-11-4-5-14(18)8-15(11)19/h1-5,7-8,12H,6,9H2. The van der Waals surface area contributed by atoms with Crippen molar-refractivity contribution in [1.82, 2.24) is 0 Å². The minimum atomic E-state index is 0.234. The van der Waals surface area contributed by atoms with Crippen LogP contribution in [0.3, 0.4) is 0 Å². The van der Waals surface area contributed by atoms with Crippen molar-refractivity contribution in [2.24, 2.45) is 0 Å². The molecule has 100 valence electrons. The third-order valence-electron chi connectivity index (χ3n) is 2.99. The molecule has 0 saturated heterocycles. The maximum Gasteiger partial charge on any atom is 0.0453 e. The van der Waals surface area contributed by atoms with Crippen molar-refractivity contribution in [3.8, 4) is 0 Å². The summed E-state index contributed by atoms with van der Waals surface area (Å²) in [6.45, 7) is 0. The van der Waals surface area contributed by atoms with Crippen molar-refractivity contribution in [3.05, 3.63) is 68.1 Å². The first-order valence-corrected chi connectivity index (χ1v) is 7.94. The molecule has 1 unspecified atom stereocenters. The SMILES string of the molecule is ClCC(Cc1ccc(Cl)cc1Cl)c1cccc(Br)c1. The molecule has 0 heterocycles. The summed E-state index contributed by atoms with van der Waals surface area (Å²) in [6, 6.07) is 13.8. The molecule has 0 fully saturated rings. The molecule has 0 N–H and O–H groups in total. The molecular formula is C15H12BrCl3. The molecule has 2 rings (SSSR count). The number of rotatable bonds is 4. The predicted octanol–water partition coefficient (Wildman–Crippen LogP) is 6.32. The van der Waals surface area contributed by atoms with E-state index < -0.39 is 0 Å². The summed E-state index contributed by atoms with van der Waals surface area (Å²) in [4.78, 5) is 0. The van der Waals surface area contributed by atoms with Crippen LogP contribution in [0.1, 0.15) is 17.0 Å². The summed E-state index contributed by atoms with van der Waals surface area (Å²) in [5.74, 6) is 0.785. The number of benzene rings is 2. The molecule has 0 radical (unpaired) electrons. The van der Waals surface area contributed by atoms with E-state index in [0.717, 1.165) is 16.5 Å². The summed E-state index contributed by atoms with van der Waals surface area (Å²) in [5, 5.41) is 1.34. The third-order valence-corrected chi connectivity index (χ3v) is 4.44. The molecule has 1 atom stereocenters. The molecule has 0 aliphatic rings. The van der Waals surface area contributed by atoms with Crippen LogP contribution in [0.2, 0.25) is 10.0 Å². The molecule has 0 aliphatic carbocycles. The van der Waals surface area contributed by atoms with E-state index in [9.17, 15) is 0 Å². The van der Waals surface area contributed by atoms with E-state index in [0.29, 0.717) is 15.9 Å². The van der Waals surface area contributed by atoms with Gasteiger partial charge in [-0.05, 0) is 41.8 Å². The molecule has 0 spiro atoms. The van der Waals surface area contributed by atoms with Gasteiger partial charge in [0, 0.05) is 26.3 Å². The van der Waals surface area contributed by atoms with Crippen LogP contribution in [0.15, 0.2) is 46.9 Å².